The first kappa shape index (κ1) is 43.4. The summed E-state index contributed by atoms with van der Waals surface area (Å²) in [5.41, 5.74) is 19.9. The number of aliphatic hydroxyl groups excluding tert-OH is 1. The highest BCUT2D eigenvalue weighted by molar-refractivity contribution is 5.95. The van der Waals surface area contributed by atoms with E-state index in [0.29, 0.717) is 13.0 Å². The topological polar surface area (TPSA) is 105 Å². The Morgan fingerprint density at radius 3 is 1.44 bits per heavy atom. The van der Waals surface area contributed by atoms with E-state index in [9.17, 15) is 5.11 Å². The third-order valence-corrected chi connectivity index (χ3v) is 13.2. The first-order chi connectivity index (χ1) is 30.6. The summed E-state index contributed by atoms with van der Waals surface area (Å²) in [4.78, 5) is 18.3. The summed E-state index contributed by atoms with van der Waals surface area (Å²) in [6.07, 6.45) is 4.69. The highest BCUT2D eigenvalue weighted by Gasteiger charge is 2.38. The van der Waals surface area contributed by atoms with Crippen molar-refractivity contribution in [3.05, 3.63) is 165 Å². The molecule has 0 saturated heterocycles. The smallest absolute Gasteiger partial charge is 0.143 e. The standard InChI is InChI=1S/C55H60N4O4/c1-9-43-34(3)47-30-49-36(5)45(18-14-28-60)53(58-49)33-54-46(37(6)50(59-54)31-48-35(4)44(10-2)52(57-48)32-51(43)56-47)19-15-29-63-55(38-16-12-11-13-17-38,39-20-24-41(61-7)25-21-39)40-22-26-42(62-8)27-23-40/h11-13,16-17,20-27,30-33,56-57,60H,9-10,14-15,18-19,28-29H2,1-8H3. The first-order valence-corrected chi connectivity index (χ1v) is 22.4. The van der Waals surface area contributed by atoms with Gasteiger partial charge in [0.15, 0.2) is 0 Å². The van der Waals surface area contributed by atoms with Crippen molar-refractivity contribution < 1.29 is 19.3 Å². The van der Waals surface area contributed by atoms with Crippen LogP contribution in [0, 0.1) is 13.8 Å². The van der Waals surface area contributed by atoms with Crippen molar-refractivity contribution in [3.63, 3.8) is 0 Å². The number of hydrogen-bond acceptors (Lipinski definition) is 6. The minimum absolute atomic E-state index is 0.116. The van der Waals surface area contributed by atoms with E-state index in [1.165, 1.54) is 27.8 Å². The molecule has 6 aromatic rings. The molecule has 5 heterocycles. The lowest BCUT2D eigenvalue weighted by atomic mass is 9.80. The van der Waals surface area contributed by atoms with Crippen LogP contribution in [-0.2, 0) is 23.2 Å². The number of fused-ring (bicyclic) bond motifs is 8. The summed E-state index contributed by atoms with van der Waals surface area (Å²) in [7, 11) is 3.37. The molecule has 0 unspecified atom stereocenters. The lowest BCUT2D eigenvalue weighted by molar-refractivity contribution is 0.0120. The molecule has 2 aliphatic heterocycles. The number of methoxy groups -OCH3 is 2. The van der Waals surface area contributed by atoms with Gasteiger partial charge in [-0.2, -0.15) is 0 Å². The molecule has 0 aliphatic carbocycles. The molecule has 0 spiro atoms. The fourth-order valence-corrected chi connectivity index (χ4v) is 9.56. The summed E-state index contributed by atoms with van der Waals surface area (Å²) < 4.78 is 18.4. The Balaban J connectivity index is 1.25. The van der Waals surface area contributed by atoms with Gasteiger partial charge in [0.25, 0.3) is 0 Å². The minimum Gasteiger partial charge on any atom is -0.497 e. The number of aromatic amines is 2. The molecule has 8 nitrogen and oxygen atoms in total. The number of rotatable bonds is 15. The SMILES string of the molecule is CCc1c(C)c2cc3nc(cc4nc(cc5[nH]c(cc1[nH]2)c(CC)c5C)C(C)=C4CCCOC(c1ccccc1)(c1ccc(OC)cc1)c1ccc(OC)cc1)C(CCCO)=C3C. The Hall–Kier alpha value is -6.22. The average molecular weight is 841 g/mol. The lowest BCUT2D eigenvalue weighted by Gasteiger charge is -2.36. The maximum Gasteiger partial charge on any atom is 0.143 e. The molecule has 2 aliphatic rings. The summed E-state index contributed by atoms with van der Waals surface area (Å²) in [5.74, 6) is 1.57. The highest BCUT2D eigenvalue weighted by atomic mass is 16.5. The monoisotopic (exact) mass is 840 g/mol. The van der Waals surface area contributed by atoms with E-state index in [4.69, 9.17) is 24.2 Å². The van der Waals surface area contributed by atoms with Gasteiger partial charge in [0, 0.05) is 35.3 Å². The van der Waals surface area contributed by atoms with E-state index in [0.717, 1.165) is 122 Å². The molecule has 3 N–H and O–H groups in total. The van der Waals surface area contributed by atoms with Crippen LogP contribution in [0.1, 0.15) is 115 Å². The van der Waals surface area contributed by atoms with Gasteiger partial charge < -0.3 is 29.3 Å². The predicted molar refractivity (Wildman–Crippen MR) is 258 cm³/mol. The van der Waals surface area contributed by atoms with Crippen molar-refractivity contribution in [3.8, 4) is 11.5 Å². The molecule has 8 heteroatoms. The molecule has 0 amide bonds. The number of hydrogen-bond donors (Lipinski definition) is 3. The van der Waals surface area contributed by atoms with E-state index in [2.05, 4.69) is 124 Å². The zero-order chi connectivity index (χ0) is 44.3. The van der Waals surface area contributed by atoms with Crippen LogP contribution in [0.5, 0.6) is 11.5 Å². The quantitative estimate of drug-likeness (QED) is 0.0702. The second-order valence-electron chi connectivity index (χ2n) is 16.7. The average Bonchev–Trinajstić information content (AvgIpc) is 3.98. The van der Waals surface area contributed by atoms with Gasteiger partial charge in [-0.05, 0) is 176 Å². The van der Waals surface area contributed by atoms with Gasteiger partial charge in [0.05, 0.1) is 37.0 Å². The second kappa shape index (κ2) is 18.6. The number of aryl methyl sites for hydroxylation is 4. The molecule has 0 fully saturated rings. The van der Waals surface area contributed by atoms with Crippen molar-refractivity contribution in [2.45, 2.75) is 85.7 Å². The highest BCUT2D eigenvalue weighted by Crippen LogP contribution is 2.43. The van der Waals surface area contributed by atoms with Crippen molar-refractivity contribution in [2.75, 3.05) is 27.4 Å². The second-order valence-corrected chi connectivity index (χ2v) is 16.7. The molecule has 324 valence electrons. The number of ether oxygens (including phenoxy) is 3. The maximum absolute atomic E-state index is 9.97. The molecule has 0 saturated carbocycles. The lowest BCUT2D eigenvalue weighted by Crippen LogP contribution is -2.33. The molecular weight excluding hydrogens is 781 g/mol. The third-order valence-electron chi connectivity index (χ3n) is 13.2. The molecule has 0 atom stereocenters. The van der Waals surface area contributed by atoms with Gasteiger partial charge in [-0.25, -0.2) is 9.97 Å². The first-order valence-electron chi connectivity index (χ1n) is 22.4. The maximum atomic E-state index is 9.97. The van der Waals surface area contributed by atoms with Gasteiger partial charge in [-0.1, -0.05) is 68.4 Å². The molecule has 8 bridgehead atoms. The third kappa shape index (κ3) is 8.26. The number of H-pyrrole nitrogens is 2. The van der Waals surface area contributed by atoms with E-state index < -0.39 is 5.60 Å². The fraction of sp³-hybridized carbons (Fsp3) is 0.309. The van der Waals surface area contributed by atoms with Crippen LogP contribution in [-0.4, -0.2) is 52.5 Å². The zero-order valence-corrected chi connectivity index (χ0v) is 38.0. The van der Waals surface area contributed by atoms with Crippen LogP contribution in [0.15, 0.2) is 103 Å². The fourth-order valence-electron chi connectivity index (χ4n) is 9.56. The Morgan fingerprint density at radius 2 is 1.00 bits per heavy atom. The van der Waals surface area contributed by atoms with Crippen LogP contribution >= 0.6 is 0 Å². The summed E-state index contributed by atoms with van der Waals surface area (Å²) >= 11 is 0. The molecule has 3 aromatic heterocycles. The predicted octanol–water partition coefficient (Wildman–Crippen LogP) is 12.5. The van der Waals surface area contributed by atoms with Gasteiger partial charge in [0.1, 0.15) is 17.1 Å². The molecule has 3 aromatic carbocycles. The number of aliphatic hydroxyl groups is 1. The van der Waals surface area contributed by atoms with Gasteiger partial charge in [0.2, 0.25) is 0 Å². The van der Waals surface area contributed by atoms with Crippen molar-refractivity contribution in [2.24, 2.45) is 0 Å². The van der Waals surface area contributed by atoms with Crippen molar-refractivity contribution in [1.82, 2.24) is 19.9 Å². The summed E-state index contributed by atoms with van der Waals surface area (Å²) in [6.45, 7) is 13.8. The zero-order valence-electron chi connectivity index (χ0n) is 38.0. The summed E-state index contributed by atoms with van der Waals surface area (Å²) in [5, 5.41) is 9.97. The Bertz CT molecular complexity index is 2800. The number of allylic oxidation sites excluding steroid dienone is 4. The largest absolute Gasteiger partial charge is 0.497 e. The number of aromatic nitrogens is 4. The van der Waals surface area contributed by atoms with Crippen LogP contribution in [0.25, 0.3) is 44.4 Å². The van der Waals surface area contributed by atoms with Gasteiger partial charge in [-0.15, -0.1) is 0 Å². The van der Waals surface area contributed by atoms with Crippen LogP contribution in [0.2, 0.25) is 0 Å². The minimum atomic E-state index is -0.908. The van der Waals surface area contributed by atoms with Gasteiger partial charge in [-0.3, -0.25) is 0 Å². The van der Waals surface area contributed by atoms with Crippen molar-refractivity contribution >= 4 is 44.4 Å². The number of nitrogens with one attached hydrogen (secondary N) is 2. The van der Waals surface area contributed by atoms with Crippen LogP contribution < -0.4 is 9.47 Å². The molecule has 0 radical (unpaired) electrons. The van der Waals surface area contributed by atoms with Gasteiger partial charge >= 0.3 is 0 Å². The van der Waals surface area contributed by atoms with E-state index in [-0.39, 0.29) is 6.61 Å². The Kier molecular flexibility index (Phi) is 12.8. The van der Waals surface area contributed by atoms with E-state index >= 15 is 0 Å². The Labute approximate surface area is 371 Å². The number of benzene rings is 3. The van der Waals surface area contributed by atoms with Crippen molar-refractivity contribution in [1.29, 1.82) is 0 Å². The Morgan fingerprint density at radius 1 is 0.540 bits per heavy atom. The summed E-state index contributed by atoms with van der Waals surface area (Å²) in [6, 6.07) is 35.7. The van der Waals surface area contributed by atoms with Crippen LogP contribution in [0.4, 0.5) is 0 Å². The molecule has 8 rings (SSSR count). The van der Waals surface area contributed by atoms with E-state index in [1.807, 2.05) is 30.3 Å². The van der Waals surface area contributed by atoms with Crippen LogP contribution in [0.3, 0.4) is 0 Å². The number of nitrogens with zero attached hydrogens (tertiary/aromatic N) is 2. The normalized spacial score (nSPS) is 13.0. The molecule has 63 heavy (non-hydrogen) atoms. The molecular formula is C55H60N4O4. The van der Waals surface area contributed by atoms with E-state index in [1.54, 1.807) is 14.2 Å².